The molecule has 0 aromatic heterocycles. The third kappa shape index (κ3) is 3.55. The van der Waals surface area contributed by atoms with E-state index in [1.807, 2.05) is 31.1 Å². The maximum absolute atomic E-state index is 13.0. The maximum atomic E-state index is 13.0. The molecule has 1 N–H and O–H groups in total. The molecule has 0 aliphatic carbocycles. The molecule has 0 unspecified atom stereocenters. The molecule has 132 valence electrons. The maximum Gasteiger partial charge on any atom is 0.406 e. The Morgan fingerprint density at radius 2 is 1.72 bits per heavy atom. The first-order chi connectivity index (χ1) is 11.8. The first-order valence-electron chi connectivity index (χ1n) is 7.77. The predicted molar refractivity (Wildman–Crippen MR) is 90.7 cm³/mol. The molecule has 1 aliphatic rings. The second-order valence-corrected chi connectivity index (χ2v) is 6.13. The second kappa shape index (κ2) is 6.31. The molecule has 1 atom stereocenters. The number of carbonyl (C=O) groups excluding carboxylic acids is 1. The summed E-state index contributed by atoms with van der Waals surface area (Å²) in [6.07, 6.45) is -5.36. The molecule has 0 saturated carbocycles. The number of benzene rings is 2. The number of anilines is 2. The Morgan fingerprint density at radius 3 is 2.32 bits per heavy atom. The van der Waals surface area contributed by atoms with E-state index in [-0.39, 0.29) is 5.56 Å². The lowest BCUT2D eigenvalue weighted by Gasteiger charge is -2.38. The highest BCUT2D eigenvalue weighted by Gasteiger charge is 2.40. The van der Waals surface area contributed by atoms with Crippen molar-refractivity contribution in [2.75, 3.05) is 30.9 Å². The normalized spacial score (nSPS) is 17.1. The lowest BCUT2D eigenvalue weighted by molar-refractivity contribution is -0.144. The van der Waals surface area contributed by atoms with Gasteiger partial charge in [0.05, 0.1) is 5.56 Å². The van der Waals surface area contributed by atoms with Crippen molar-refractivity contribution in [3.63, 3.8) is 0 Å². The van der Waals surface area contributed by atoms with Gasteiger partial charge >= 0.3 is 6.18 Å². The molecule has 1 amide bonds. The van der Waals surface area contributed by atoms with Gasteiger partial charge in [0.15, 0.2) is 0 Å². The van der Waals surface area contributed by atoms with Crippen LogP contribution in [0.25, 0.3) is 0 Å². The number of hydrogen-bond acceptors (Lipinski definition) is 3. The summed E-state index contributed by atoms with van der Waals surface area (Å²) in [5.74, 6) is -0.631. The van der Waals surface area contributed by atoms with Crippen molar-refractivity contribution in [3.8, 4) is 0 Å². The number of rotatable bonds is 3. The molecule has 0 saturated heterocycles. The zero-order valence-corrected chi connectivity index (χ0v) is 13.8. The van der Waals surface area contributed by atoms with Gasteiger partial charge in [-0.1, -0.05) is 24.3 Å². The lowest BCUT2D eigenvalue weighted by Crippen LogP contribution is -2.47. The number of nitrogens with one attached hydrogen (secondary N) is 1. The highest BCUT2D eigenvalue weighted by atomic mass is 19.4. The van der Waals surface area contributed by atoms with Crippen LogP contribution in [0, 0.1) is 0 Å². The van der Waals surface area contributed by atoms with Gasteiger partial charge in [0, 0.05) is 25.5 Å². The molecule has 0 radical (unpaired) electrons. The van der Waals surface area contributed by atoms with E-state index in [0.717, 1.165) is 10.6 Å². The van der Waals surface area contributed by atoms with E-state index in [2.05, 4.69) is 5.32 Å². The summed E-state index contributed by atoms with van der Waals surface area (Å²) in [5.41, 5.74) is 2.30. The Kier molecular flexibility index (Phi) is 4.32. The van der Waals surface area contributed by atoms with E-state index < -0.39 is 24.8 Å². The molecule has 2 aromatic carbocycles. The summed E-state index contributed by atoms with van der Waals surface area (Å²) >= 11 is 0. The average molecular weight is 349 g/mol. The van der Waals surface area contributed by atoms with Gasteiger partial charge in [-0.25, -0.2) is 0 Å². The number of nitrogens with zero attached hydrogens (tertiary/aromatic N) is 2. The summed E-state index contributed by atoms with van der Waals surface area (Å²) in [6, 6.07) is 13.7. The van der Waals surface area contributed by atoms with Gasteiger partial charge in [-0.15, -0.1) is 0 Å². The van der Waals surface area contributed by atoms with Crippen LogP contribution in [-0.2, 0) is 0 Å². The smallest absolute Gasteiger partial charge is 0.378 e. The highest BCUT2D eigenvalue weighted by molar-refractivity contribution is 6.01. The fraction of sp³-hybridized carbons (Fsp3) is 0.278. The van der Waals surface area contributed by atoms with E-state index in [1.165, 1.54) is 6.07 Å². The first-order valence-corrected chi connectivity index (χ1v) is 7.77. The molecular weight excluding hydrogens is 331 g/mol. The van der Waals surface area contributed by atoms with Crippen molar-refractivity contribution in [1.29, 1.82) is 0 Å². The largest absolute Gasteiger partial charge is 0.406 e. The van der Waals surface area contributed by atoms with Gasteiger partial charge in [0.25, 0.3) is 5.91 Å². The number of amides is 1. The molecule has 1 aliphatic heterocycles. The van der Waals surface area contributed by atoms with Crippen LogP contribution in [0.3, 0.4) is 0 Å². The minimum absolute atomic E-state index is 0.243. The molecular formula is C18H18F3N3O. The molecule has 0 spiro atoms. The van der Waals surface area contributed by atoms with Crippen LogP contribution in [0.15, 0.2) is 48.5 Å². The van der Waals surface area contributed by atoms with E-state index >= 15 is 0 Å². The van der Waals surface area contributed by atoms with Crippen molar-refractivity contribution >= 4 is 17.3 Å². The molecule has 1 heterocycles. The lowest BCUT2D eigenvalue weighted by atomic mass is 10.0. The van der Waals surface area contributed by atoms with Crippen molar-refractivity contribution in [2.24, 2.45) is 0 Å². The molecule has 0 bridgehead atoms. The minimum Gasteiger partial charge on any atom is -0.378 e. The number of fused-ring (bicyclic) bond motifs is 1. The second-order valence-electron chi connectivity index (χ2n) is 6.13. The Bertz CT molecular complexity index is 772. The highest BCUT2D eigenvalue weighted by Crippen LogP contribution is 2.35. The molecule has 0 fully saturated rings. The third-order valence-corrected chi connectivity index (χ3v) is 4.10. The molecule has 25 heavy (non-hydrogen) atoms. The Labute approximate surface area is 143 Å². The predicted octanol–water partition coefficient (Wildman–Crippen LogP) is 3.88. The van der Waals surface area contributed by atoms with Crippen LogP contribution in [-0.4, -0.2) is 37.6 Å². The van der Waals surface area contributed by atoms with Crippen LogP contribution in [0.5, 0.6) is 0 Å². The van der Waals surface area contributed by atoms with Crippen LogP contribution in [0.4, 0.5) is 24.5 Å². The van der Waals surface area contributed by atoms with Gasteiger partial charge in [-0.05, 0) is 29.8 Å². The van der Waals surface area contributed by atoms with E-state index in [4.69, 9.17) is 0 Å². The molecule has 2 aromatic rings. The fourth-order valence-corrected chi connectivity index (χ4v) is 2.87. The quantitative estimate of drug-likeness (QED) is 0.913. The third-order valence-electron chi connectivity index (χ3n) is 4.10. The number of halogens is 3. The number of alkyl halides is 3. The van der Waals surface area contributed by atoms with Crippen LogP contribution in [0.2, 0.25) is 0 Å². The summed E-state index contributed by atoms with van der Waals surface area (Å²) in [4.78, 5) is 15.4. The molecule has 3 rings (SSSR count). The topological polar surface area (TPSA) is 35.6 Å². The SMILES string of the molecule is CN(C)c1ccc([C@@H]2Nc3ccccc3C(=O)N2CC(F)(F)F)cc1. The zero-order valence-electron chi connectivity index (χ0n) is 13.8. The van der Waals surface area contributed by atoms with Crippen LogP contribution in [0.1, 0.15) is 22.1 Å². The van der Waals surface area contributed by atoms with E-state index in [9.17, 15) is 18.0 Å². The van der Waals surface area contributed by atoms with Crippen molar-refractivity contribution < 1.29 is 18.0 Å². The monoisotopic (exact) mass is 349 g/mol. The minimum atomic E-state index is -4.48. The standard InChI is InChI=1S/C18H18F3N3O/c1-23(2)13-9-7-12(8-10-13)16-22-15-6-4-3-5-14(15)17(25)24(16)11-18(19,20)21/h3-10,16,22H,11H2,1-2H3/t16-/m1/s1. The summed E-state index contributed by atoms with van der Waals surface area (Å²) < 4.78 is 39.1. The van der Waals surface area contributed by atoms with Crippen LogP contribution >= 0.6 is 0 Å². The van der Waals surface area contributed by atoms with Crippen molar-refractivity contribution in [2.45, 2.75) is 12.3 Å². The van der Waals surface area contributed by atoms with Gasteiger partial charge in [-0.3, -0.25) is 4.79 Å². The first kappa shape index (κ1) is 17.1. The van der Waals surface area contributed by atoms with Gasteiger partial charge in [0.2, 0.25) is 0 Å². The number of carbonyl (C=O) groups is 1. The van der Waals surface area contributed by atoms with E-state index in [0.29, 0.717) is 11.3 Å². The Hall–Kier alpha value is -2.70. The Balaban J connectivity index is 2.01. The molecule has 7 heteroatoms. The number of hydrogen-bond donors (Lipinski definition) is 1. The van der Waals surface area contributed by atoms with Gasteiger partial charge in [0.1, 0.15) is 12.7 Å². The summed E-state index contributed by atoms with van der Waals surface area (Å²) in [5, 5.41) is 3.06. The van der Waals surface area contributed by atoms with Gasteiger partial charge in [-0.2, -0.15) is 13.2 Å². The van der Waals surface area contributed by atoms with Crippen LogP contribution < -0.4 is 10.2 Å². The fourth-order valence-electron chi connectivity index (χ4n) is 2.87. The number of para-hydroxylation sites is 1. The van der Waals surface area contributed by atoms with Crippen molar-refractivity contribution in [3.05, 3.63) is 59.7 Å². The van der Waals surface area contributed by atoms with Gasteiger partial charge < -0.3 is 15.1 Å². The summed E-state index contributed by atoms with van der Waals surface area (Å²) in [6.45, 7) is -1.31. The summed E-state index contributed by atoms with van der Waals surface area (Å²) in [7, 11) is 3.76. The molecule has 4 nitrogen and oxygen atoms in total. The zero-order chi connectivity index (χ0) is 18.2. The average Bonchev–Trinajstić information content (AvgIpc) is 2.56. The van der Waals surface area contributed by atoms with E-state index in [1.54, 1.807) is 30.3 Å². The Morgan fingerprint density at radius 1 is 1.08 bits per heavy atom. The van der Waals surface area contributed by atoms with Crippen molar-refractivity contribution in [1.82, 2.24) is 4.90 Å².